The van der Waals surface area contributed by atoms with Crippen molar-refractivity contribution in [3.63, 3.8) is 0 Å². The van der Waals surface area contributed by atoms with E-state index in [0.29, 0.717) is 6.04 Å². The Bertz CT molecular complexity index is 491. The Balaban J connectivity index is 1.52. The van der Waals surface area contributed by atoms with E-state index in [4.69, 9.17) is 4.42 Å². The van der Waals surface area contributed by atoms with E-state index in [2.05, 4.69) is 9.80 Å². The molecule has 3 rings (SSSR count). The largest absolute Gasteiger partial charge is 0.480 e. The van der Waals surface area contributed by atoms with Gasteiger partial charge in [-0.05, 0) is 51.3 Å². The van der Waals surface area contributed by atoms with Crippen LogP contribution in [0.2, 0.25) is 0 Å². The minimum absolute atomic E-state index is 0.255. The van der Waals surface area contributed by atoms with Crippen molar-refractivity contribution < 1.29 is 14.3 Å². The number of carbonyl (C=O) groups is 1. The molecule has 2 aliphatic rings. The molecule has 5 heteroatoms. The molecule has 1 aromatic rings. The van der Waals surface area contributed by atoms with Gasteiger partial charge in [0.15, 0.2) is 0 Å². The number of aryl methyl sites for hydroxylation is 1. The fourth-order valence-electron chi connectivity index (χ4n) is 3.69. The normalized spacial score (nSPS) is 25.5. The molecule has 1 N–H and O–H groups in total. The number of carboxylic acids is 1. The standard InChI is InChI=1S/C16H24N2O3/c1-12-4-5-14(21-12)11-17-9-6-13(7-10-17)18-8-2-3-15(18)16(19)20/h4-5,13,15H,2-3,6-11H2,1H3,(H,19,20). The molecule has 0 amide bonds. The molecule has 2 saturated heterocycles. The summed E-state index contributed by atoms with van der Waals surface area (Å²) < 4.78 is 5.63. The van der Waals surface area contributed by atoms with Gasteiger partial charge in [-0.3, -0.25) is 14.6 Å². The fraction of sp³-hybridized carbons (Fsp3) is 0.688. The summed E-state index contributed by atoms with van der Waals surface area (Å²) in [7, 11) is 0. The number of nitrogens with zero attached hydrogens (tertiary/aromatic N) is 2. The number of hydrogen-bond acceptors (Lipinski definition) is 4. The summed E-state index contributed by atoms with van der Waals surface area (Å²) in [6, 6.07) is 4.23. The summed E-state index contributed by atoms with van der Waals surface area (Å²) >= 11 is 0. The van der Waals surface area contributed by atoms with Crippen molar-refractivity contribution in [1.29, 1.82) is 0 Å². The Hall–Kier alpha value is -1.33. The lowest BCUT2D eigenvalue weighted by Gasteiger charge is -2.38. The third kappa shape index (κ3) is 3.30. The molecule has 0 spiro atoms. The Morgan fingerprint density at radius 2 is 2.05 bits per heavy atom. The topological polar surface area (TPSA) is 56.9 Å². The van der Waals surface area contributed by atoms with Crippen molar-refractivity contribution in [3.8, 4) is 0 Å². The Morgan fingerprint density at radius 3 is 2.67 bits per heavy atom. The number of hydrogen-bond donors (Lipinski definition) is 1. The van der Waals surface area contributed by atoms with Crippen LogP contribution >= 0.6 is 0 Å². The number of likely N-dealkylation sites (tertiary alicyclic amines) is 2. The van der Waals surface area contributed by atoms with Gasteiger partial charge in [-0.15, -0.1) is 0 Å². The van der Waals surface area contributed by atoms with Gasteiger partial charge in [0, 0.05) is 19.1 Å². The van der Waals surface area contributed by atoms with Gasteiger partial charge in [0.05, 0.1) is 6.54 Å². The highest BCUT2D eigenvalue weighted by atomic mass is 16.4. The molecule has 1 atom stereocenters. The van der Waals surface area contributed by atoms with Gasteiger partial charge in [0.2, 0.25) is 0 Å². The molecule has 21 heavy (non-hydrogen) atoms. The first-order valence-corrected chi connectivity index (χ1v) is 7.89. The van der Waals surface area contributed by atoms with Crippen molar-refractivity contribution in [1.82, 2.24) is 9.80 Å². The second-order valence-electron chi connectivity index (χ2n) is 6.25. The van der Waals surface area contributed by atoms with Gasteiger partial charge in [-0.25, -0.2) is 0 Å². The minimum Gasteiger partial charge on any atom is -0.480 e. The highest BCUT2D eigenvalue weighted by Gasteiger charge is 2.36. The number of carboxylic acid groups (broad SMARTS) is 1. The minimum atomic E-state index is -0.652. The van der Waals surface area contributed by atoms with Gasteiger partial charge < -0.3 is 9.52 Å². The summed E-state index contributed by atoms with van der Waals surface area (Å²) in [5.74, 6) is 1.33. The van der Waals surface area contributed by atoms with Crippen LogP contribution < -0.4 is 0 Å². The molecule has 0 saturated carbocycles. The van der Waals surface area contributed by atoms with Crippen molar-refractivity contribution in [2.75, 3.05) is 19.6 Å². The molecule has 0 radical (unpaired) electrons. The van der Waals surface area contributed by atoms with E-state index < -0.39 is 5.97 Å². The summed E-state index contributed by atoms with van der Waals surface area (Å²) in [5, 5.41) is 9.30. The van der Waals surface area contributed by atoms with E-state index in [0.717, 1.165) is 63.4 Å². The van der Waals surface area contributed by atoms with Crippen molar-refractivity contribution in [2.45, 2.75) is 51.2 Å². The first-order valence-electron chi connectivity index (χ1n) is 7.89. The van der Waals surface area contributed by atoms with Crippen LogP contribution in [0.1, 0.15) is 37.2 Å². The van der Waals surface area contributed by atoms with E-state index in [9.17, 15) is 9.90 Å². The smallest absolute Gasteiger partial charge is 0.320 e. The van der Waals surface area contributed by atoms with Crippen LogP contribution in [0, 0.1) is 6.92 Å². The van der Waals surface area contributed by atoms with Crippen molar-refractivity contribution in [2.24, 2.45) is 0 Å². The number of rotatable bonds is 4. The molecule has 1 unspecified atom stereocenters. The summed E-state index contributed by atoms with van der Waals surface area (Å²) in [6.45, 7) is 5.82. The zero-order valence-electron chi connectivity index (χ0n) is 12.6. The quantitative estimate of drug-likeness (QED) is 0.921. The van der Waals surface area contributed by atoms with Gasteiger partial charge in [-0.1, -0.05) is 0 Å². The monoisotopic (exact) mass is 292 g/mol. The maximum atomic E-state index is 11.3. The number of furan rings is 1. The lowest BCUT2D eigenvalue weighted by Crippen LogP contribution is -2.48. The van der Waals surface area contributed by atoms with E-state index in [-0.39, 0.29) is 6.04 Å². The molecular formula is C16H24N2O3. The molecule has 0 aromatic carbocycles. The van der Waals surface area contributed by atoms with Crippen LogP contribution in [0.25, 0.3) is 0 Å². The molecular weight excluding hydrogens is 268 g/mol. The SMILES string of the molecule is Cc1ccc(CN2CCC(N3CCCC3C(=O)O)CC2)o1. The Labute approximate surface area is 125 Å². The molecule has 116 valence electrons. The third-order valence-corrected chi connectivity index (χ3v) is 4.78. The van der Waals surface area contributed by atoms with Crippen LogP contribution in [0.3, 0.4) is 0 Å². The average Bonchev–Trinajstić information content (AvgIpc) is 3.09. The first-order chi connectivity index (χ1) is 10.1. The summed E-state index contributed by atoms with van der Waals surface area (Å²) in [4.78, 5) is 15.9. The van der Waals surface area contributed by atoms with Gasteiger partial charge in [-0.2, -0.15) is 0 Å². The second kappa shape index (κ2) is 6.20. The zero-order valence-corrected chi connectivity index (χ0v) is 12.6. The predicted octanol–water partition coefficient (Wildman–Crippen LogP) is 2.10. The molecule has 5 nitrogen and oxygen atoms in total. The van der Waals surface area contributed by atoms with Crippen molar-refractivity contribution in [3.05, 3.63) is 23.7 Å². The van der Waals surface area contributed by atoms with Crippen LogP contribution in [-0.2, 0) is 11.3 Å². The molecule has 2 aliphatic heterocycles. The van der Waals surface area contributed by atoms with Gasteiger partial charge in [0.25, 0.3) is 0 Å². The van der Waals surface area contributed by atoms with E-state index in [1.54, 1.807) is 0 Å². The molecule has 2 fully saturated rings. The first kappa shape index (κ1) is 14.6. The fourth-order valence-corrected chi connectivity index (χ4v) is 3.69. The van der Waals surface area contributed by atoms with Crippen molar-refractivity contribution >= 4 is 5.97 Å². The molecule has 0 aliphatic carbocycles. The highest BCUT2D eigenvalue weighted by molar-refractivity contribution is 5.73. The van der Waals surface area contributed by atoms with E-state index in [1.165, 1.54) is 0 Å². The van der Waals surface area contributed by atoms with E-state index >= 15 is 0 Å². The Kier molecular flexibility index (Phi) is 4.31. The Morgan fingerprint density at radius 1 is 1.29 bits per heavy atom. The lowest BCUT2D eigenvalue weighted by molar-refractivity contribution is -0.143. The van der Waals surface area contributed by atoms with Crippen LogP contribution in [0.15, 0.2) is 16.5 Å². The maximum Gasteiger partial charge on any atom is 0.320 e. The number of piperidine rings is 1. The molecule has 0 bridgehead atoms. The predicted molar refractivity (Wildman–Crippen MR) is 79.1 cm³/mol. The maximum absolute atomic E-state index is 11.3. The molecule has 1 aromatic heterocycles. The lowest BCUT2D eigenvalue weighted by atomic mass is 10.0. The zero-order chi connectivity index (χ0) is 14.8. The van der Waals surface area contributed by atoms with E-state index in [1.807, 2.05) is 19.1 Å². The van der Waals surface area contributed by atoms with Crippen LogP contribution in [0.5, 0.6) is 0 Å². The van der Waals surface area contributed by atoms with Crippen LogP contribution in [0.4, 0.5) is 0 Å². The molecule has 3 heterocycles. The highest BCUT2D eigenvalue weighted by Crippen LogP contribution is 2.26. The summed E-state index contributed by atoms with van der Waals surface area (Å²) in [6.07, 6.45) is 3.94. The summed E-state index contributed by atoms with van der Waals surface area (Å²) in [5.41, 5.74) is 0. The van der Waals surface area contributed by atoms with Gasteiger partial charge in [0.1, 0.15) is 17.6 Å². The van der Waals surface area contributed by atoms with Crippen LogP contribution in [-0.4, -0.2) is 52.6 Å². The van der Waals surface area contributed by atoms with Gasteiger partial charge >= 0.3 is 5.97 Å². The average molecular weight is 292 g/mol. The number of aliphatic carboxylic acids is 1. The third-order valence-electron chi connectivity index (χ3n) is 4.78. The second-order valence-corrected chi connectivity index (χ2v) is 6.25.